The minimum atomic E-state index is -0.254. The van der Waals surface area contributed by atoms with Crippen molar-refractivity contribution in [2.45, 2.75) is 45.2 Å². The number of hydrogen-bond donors (Lipinski definition) is 1. The first-order chi connectivity index (χ1) is 11.5. The van der Waals surface area contributed by atoms with E-state index in [1.165, 1.54) is 23.5 Å². The summed E-state index contributed by atoms with van der Waals surface area (Å²) < 4.78 is 13.1. The van der Waals surface area contributed by atoms with E-state index in [0.717, 1.165) is 46.7 Å². The zero-order chi connectivity index (χ0) is 17.3. The van der Waals surface area contributed by atoms with Crippen LogP contribution in [-0.2, 0) is 0 Å². The number of piperidine rings is 1. The smallest absolute Gasteiger partial charge is 0.264 e. The molecule has 0 aliphatic carbocycles. The van der Waals surface area contributed by atoms with Crippen LogP contribution < -0.4 is 5.73 Å². The Morgan fingerprint density at radius 3 is 2.71 bits per heavy atom. The summed E-state index contributed by atoms with van der Waals surface area (Å²) >= 11 is 1.50. The molecular formula is C19H23FN2OS. The van der Waals surface area contributed by atoms with Gasteiger partial charge in [0.1, 0.15) is 5.82 Å². The lowest BCUT2D eigenvalue weighted by atomic mass is 9.96. The molecule has 3 nitrogen and oxygen atoms in total. The normalized spacial score (nSPS) is 19.3. The average molecular weight is 346 g/mol. The summed E-state index contributed by atoms with van der Waals surface area (Å²) in [6, 6.07) is 8.43. The topological polar surface area (TPSA) is 46.3 Å². The van der Waals surface area contributed by atoms with E-state index in [9.17, 15) is 9.18 Å². The van der Waals surface area contributed by atoms with E-state index >= 15 is 0 Å². The first-order valence-electron chi connectivity index (χ1n) is 8.40. The maximum absolute atomic E-state index is 13.1. The maximum atomic E-state index is 13.1. The fourth-order valence-electron chi connectivity index (χ4n) is 3.40. The zero-order valence-corrected chi connectivity index (χ0v) is 14.9. The van der Waals surface area contributed by atoms with Crippen LogP contribution in [0.5, 0.6) is 0 Å². The molecule has 1 aromatic carbocycles. The maximum Gasteiger partial charge on any atom is 0.264 e. The summed E-state index contributed by atoms with van der Waals surface area (Å²) in [6.45, 7) is 4.74. The first kappa shape index (κ1) is 17.1. The fraction of sp³-hybridized carbons (Fsp3) is 0.421. The van der Waals surface area contributed by atoms with Crippen LogP contribution in [0.4, 0.5) is 4.39 Å². The quantitative estimate of drug-likeness (QED) is 0.905. The molecule has 5 heteroatoms. The fourth-order valence-corrected chi connectivity index (χ4v) is 4.40. The van der Waals surface area contributed by atoms with Crippen molar-refractivity contribution in [1.29, 1.82) is 0 Å². The van der Waals surface area contributed by atoms with E-state index in [-0.39, 0.29) is 23.8 Å². The molecule has 128 valence electrons. The van der Waals surface area contributed by atoms with Gasteiger partial charge in [-0.1, -0.05) is 12.1 Å². The van der Waals surface area contributed by atoms with E-state index < -0.39 is 0 Å². The molecule has 1 aliphatic rings. The molecule has 1 saturated heterocycles. The summed E-state index contributed by atoms with van der Waals surface area (Å²) in [6.07, 6.45) is 3.13. The van der Waals surface area contributed by atoms with Gasteiger partial charge in [0.2, 0.25) is 0 Å². The van der Waals surface area contributed by atoms with Gasteiger partial charge in [0, 0.05) is 23.5 Å². The van der Waals surface area contributed by atoms with Crippen molar-refractivity contribution < 1.29 is 9.18 Å². The van der Waals surface area contributed by atoms with Crippen molar-refractivity contribution in [3.05, 3.63) is 45.9 Å². The largest absolute Gasteiger partial charge is 0.333 e. The van der Waals surface area contributed by atoms with Gasteiger partial charge in [0.25, 0.3) is 5.91 Å². The predicted molar refractivity (Wildman–Crippen MR) is 96.8 cm³/mol. The van der Waals surface area contributed by atoms with Crippen molar-refractivity contribution in [2.75, 3.05) is 6.54 Å². The Bertz CT molecular complexity index is 723. The number of carbonyl (C=O) groups is 1. The van der Waals surface area contributed by atoms with Gasteiger partial charge in [-0.25, -0.2) is 4.39 Å². The summed E-state index contributed by atoms with van der Waals surface area (Å²) in [5, 5.41) is 0. The molecule has 1 aromatic heterocycles. The standard InChI is InChI=1S/C19H23FN2OS/c1-12(21)17-5-3-4-10-22(17)19(23)18-11-16(13(2)24-18)14-6-8-15(20)9-7-14/h6-9,11-12,17H,3-5,10,21H2,1-2H3. The number of thiophene rings is 1. The first-order valence-corrected chi connectivity index (χ1v) is 9.22. The van der Waals surface area contributed by atoms with Crippen molar-refractivity contribution in [3.63, 3.8) is 0 Å². The molecule has 2 atom stereocenters. The van der Waals surface area contributed by atoms with Gasteiger partial charge in [-0.15, -0.1) is 11.3 Å². The third kappa shape index (κ3) is 3.37. The van der Waals surface area contributed by atoms with Crippen molar-refractivity contribution in [1.82, 2.24) is 4.90 Å². The number of likely N-dealkylation sites (tertiary alicyclic amines) is 1. The van der Waals surface area contributed by atoms with Gasteiger partial charge < -0.3 is 10.6 Å². The van der Waals surface area contributed by atoms with Crippen LogP contribution >= 0.6 is 11.3 Å². The number of hydrogen-bond acceptors (Lipinski definition) is 3. The monoisotopic (exact) mass is 346 g/mol. The lowest BCUT2D eigenvalue weighted by molar-refractivity contribution is 0.0589. The Kier molecular flexibility index (Phi) is 5.01. The highest BCUT2D eigenvalue weighted by Gasteiger charge is 2.30. The van der Waals surface area contributed by atoms with Gasteiger partial charge in [-0.3, -0.25) is 4.79 Å². The third-order valence-electron chi connectivity index (χ3n) is 4.70. The number of amides is 1. The highest BCUT2D eigenvalue weighted by molar-refractivity contribution is 7.14. The van der Waals surface area contributed by atoms with Crippen molar-refractivity contribution >= 4 is 17.2 Å². The molecule has 0 bridgehead atoms. The molecule has 24 heavy (non-hydrogen) atoms. The zero-order valence-electron chi connectivity index (χ0n) is 14.1. The highest BCUT2D eigenvalue weighted by atomic mass is 32.1. The Hall–Kier alpha value is -1.72. The summed E-state index contributed by atoms with van der Waals surface area (Å²) in [5.74, 6) is -0.186. The van der Waals surface area contributed by atoms with E-state index in [4.69, 9.17) is 5.73 Å². The van der Waals surface area contributed by atoms with Gasteiger partial charge in [-0.05, 0) is 62.4 Å². The summed E-state index contributed by atoms with van der Waals surface area (Å²) in [4.78, 5) is 16.7. The van der Waals surface area contributed by atoms with Gasteiger partial charge in [-0.2, -0.15) is 0 Å². The lowest BCUT2D eigenvalue weighted by Gasteiger charge is -2.37. The second-order valence-electron chi connectivity index (χ2n) is 6.51. The third-order valence-corrected chi connectivity index (χ3v) is 5.74. The van der Waals surface area contributed by atoms with Crippen LogP contribution in [0.15, 0.2) is 30.3 Å². The van der Waals surface area contributed by atoms with Gasteiger partial charge in [0.15, 0.2) is 0 Å². The summed E-state index contributed by atoms with van der Waals surface area (Å²) in [7, 11) is 0. The molecular weight excluding hydrogens is 323 g/mol. The Labute approximate surface area is 146 Å². The number of benzene rings is 1. The van der Waals surface area contributed by atoms with E-state index in [2.05, 4.69) is 0 Å². The van der Waals surface area contributed by atoms with Crippen molar-refractivity contribution in [3.8, 4) is 11.1 Å². The lowest BCUT2D eigenvalue weighted by Crippen LogP contribution is -2.51. The molecule has 0 saturated carbocycles. The number of halogens is 1. The molecule has 2 N–H and O–H groups in total. The van der Waals surface area contributed by atoms with Crippen LogP contribution in [0.3, 0.4) is 0 Å². The SMILES string of the molecule is Cc1sc(C(=O)N2CCCCC2C(C)N)cc1-c1ccc(F)cc1. The minimum Gasteiger partial charge on any atom is -0.333 e. The predicted octanol–water partition coefficient (Wildman–Crippen LogP) is 4.20. The number of nitrogens with zero attached hydrogens (tertiary/aromatic N) is 1. The van der Waals surface area contributed by atoms with E-state index in [0.29, 0.717) is 0 Å². The Balaban J connectivity index is 1.88. The molecule has 2 heterocycles. The van der Waals surface area contributed by atoms with Crippen LogP contribution in [-0.4, -0.2) is 29.4 Å². The van der Waals surface area contributed by atoms with Crippen LogP contribution in [0.2, 0.25) is 0 Å². The molecule has 2 unspecified atom stereocenters. The van der Waals surface area contributed by atoms with Crippen LogP contribution in [0.25, 0.3) is 11.1 Å². The molecule has 1 fully saturated rings. The minimum absolute atomic E-state index is 0.0214. The Morgan fingerprint density at radius 2 is 2.04 bits per heavy atom. The number of rotatable bonds is 3. The molecule has 1 amide bonds. The summed E-state index contributed by atoms with van der Waals surface area (Å²) in [5.41, 5.74) is 8.02. The van der Waals surface area contributed by atoms with Crippen LogP contribution in [0, 0.1) is 12.7 Å². The second kappa shape index (κ2) is 7.03. The number of carbonyl (C=O) groups excluding carboxylic acids is 1. The Morgan fingerprint density at radius 1 is 1.33 bits per heavy atom. The van der Waals surface area contributed by atoms with E-state index in [1.807, 2.05) is 24.8 Å². The van der Waals surface area contributed by atoms with Gasteiger partial charge >= 0.3 is 0 Å². The molecule has 0 radical (unpaired) electrons. The van der Waals surface area contributed by atoms with E-state index in [1.54, 1.807) is 12.1 Å². The highest BCUT2D eigenvalue weighted by Crippen LogP contribution is 2.33. The van der Waals surface area contributed by atoms with Crippen LogP contribution in [0.1, 0.15) is 40.7 Å². The second-order valence-corrected chi connectivity index (χ2v) is 7.76. The van der Waals surface area contributed by atoms with Crippen molar-refractivity contribution in [2.24, 2.45) is 5.73 Å². The number of nitrogens with two attached hydrogens (primary N) is 1. The average Bonchev–Trinajstić information content (AvgIpc) is 2.96. The molecule has 0 spiro atoms. The molecule has 3 rings (SSSR count). The van der Waals surface area contributed by atoms with Gasteiger partial charge in [0.05, 0.1) is 4.88 Å². The molecule has 1 aliphatic heterocycles. The number of aryl methyl sites for hydroxylation is 1. The molecule has 2 aromatic rings.